The fourth-order valence-electron chi connectivity index (χ4n) is 1.06. The Bertz CT molecular complexity index is 355. The van der Waals surface area contributed by atoms with Crippen LogP contribution in [0.25, 0.3) is 0 Å². The van der Waals surface area contributed by atoms with Gasteiger partial charge in [-0.05, 0) is 24.3 Å². The fraction of sp³-hybridized carbons (Fsp3) is 0.875. The molecule has 0 aromatic carbocycles. The van der Waals surface area contributed by atoms with Crippen LogP contribution in [0.4, 0.5) is 13.2 Å². The zero-order valence-corrected chi connectivity index (χ0v) is 10.2. The minimum Gasteiger partial charge on any atom is -0.383 e. The third-order valence-corrected chi connectivity index (χ3v) is 2.95. The summed E-state index contributed by atoms with van der Waals surface area (Å²) in [6.07, 6.45) is -6.88. The largest absolute Gasteiger partial charge is 0.415 e. The van der Waals surface area contributed by atoms with Crippen LogP contribution in [0.15, 0.2) is 0 Å². The molecule has 0 aliphatic heterocycles. The predicted molar refractivity (Wildman–Crippen MR) is 56.4 cm³/mol. The molecule has 0 saturated carbocycles. The van der Waals surface area contributed by atoms with Gasteiger partial charge in [-0.25, -0.2) is 4.68 Å². The van der Waals surface area contributed by atoms with Crippen LogP contribution in [-0.2, 0) is 5.75 Å². The summed E-state index contributed by atoms with van der Waals surface area (Å²) in [5, 5.41) is 19.7. The number of thioether (sulfide) groups is 1. The molecule has 17 heavy (non-hydrogen) atoms. The molecule has 1 N–H and O–H groups in total. The fourth-order valence-corrected chi connectivity index (χ4v) is 1.97. The zero-order valence-electron chi connectivity index (χ0n) is 9.35. The maximum absolute atomic E-state index is 12.0. The third-order valence-electron chi connectivity index (χ3n) is 1.93. The average Bonchev–Trinajstić information content (AvgIpc) is 2.64. The van der Waals surface area contributed by atoms with Crippen LogP contribution in [0.2, 0.25) is 0 Å². The van der Waals surface area contributed by atoms with Crippen molar-refractivity contribution in [3.63, 3.8) is 0 Å². The molecule has 0 aliphatic carbocycles. The summed E-state index contributed by atoms with van der Waals surface area (Å²) in [5.41, 5.74) is 0. The number of aliphatic hydroxyl groups excluding tert-OH is 1. The van der Waals surface area contributed by atoms with Crippen LogP contribution >= 0.6 is 11.8 Å². The van der Waals surface area contributed by atoms with Crippen LogP contribution in [0.1, 0.15) is 25.7 Å². The van der Waals surface area contributed by atoms with Gasteiger partial charge in [0.25, 0.3) is 0 Å². The molecule has 0 bridgehead atoms. The van der Waals surface area contributed by atoms with Crippen molar-refractivity contribution in [1.82, 2.24) is 20.2 Å². The molecule has 0 unspecified atom stereocenters. The topological polar surface area (TPSA) is 63.8 Å². The Morgan fingerprint density at radius 1 is 1.41 bits per heavy atom. The van der Waals surface area contributed by atoms with E-state index in [0.717, 1.165) is 11.8 Å². The van der Waals surface area contributed by atoms with Gasteiger partial charge in [0.1, 0.15) is 0 Å². The van der Waals surface area contributed by atoms with Gasteiger partial charge in [0, 0.05) is 5.75 Å². The van der Waals surface area contributed by atoms with Crippen molar-refractivity contribution >= 4 is 11.8 Å². The van der Waals surface area contributed by atoms with Crippen molar-refractivity contribution in [2.45, 2.75) is 37.9 Å². The Labute approximate surface area is 100 Å². The van der Waals surface area contributed by atoms with Crippen molar-refractivity contribution in [3.05, 3.63) is 5.82 Å². The molecule has 0 radical (unpaired) electrons. The van der Waals surface area contributed by atoms with Gasteiger partial charge in [0.05, 0.1) is 11.8 Å². The van der Waals surface area contributed by atoms with E-state index in [2.05, 4.69) is 15.5 Å². The van der Waals surface area contributed by atoms with Gasteiger partial charge < -0.3 is 5.11 Å². The Morgan fingerprint density at radius 2 is 2.06 bits per heavy atom. The van der Waals surface area contributed by atoms with E-state index in [1.54, 1.807) is 0 Å². The van der Waals surface area contributed by atoms with Gasteiger partial charge in [0.2, 0.25) is 0 Å². The minimum absolute atomic E-state index is 0.0492. The summed E-state index contributed by atoms with van der Waals surface area (Å²) in [7, 11) is 0. The molecule has 0 fully saturated rings. The van der Waals surface area contributed by atoms with Crippen LogP contribution in [0.5, 0.6) is 0 Å². The first-order chi connectivity index (χ1) is 7.82. The number of rotatable bonds is 5. The number of aromatic nitrogens is 4. The van der Waals surface area contributed by atoms with Gasteiger partial charge in [0.15, 0.2) is 11.9 Å². The number of hydrogen-bond acceptors (Lipinski definition) is 5. The standard InChI is InChI=1S/C8H13F3N4OS/c1-5(2)15-7(12-13-14-15)4-17-3-6(16)8(9,10)11/h5-6,16H,3-4H2,1-2H3/t6-/m0/s1. The lowest BCUT2D eigenvalue weighted by Crippen LogP contribution is -2.30. The molecule has 98 valence electrons. The first-order valence-electron chi connectivity index (χ1n) is 4.91. The molecule has 0 aliphatic rings. The molecule has 1 heterocycles. The van der Waals surface area contributed by atoms with Gasteiger partial charge in [-0.3, -0.25) is 0 Å². The second-order valence-electron chi connectivity index (χ2n) is 3.71. The Morgan fingerprint density at radius 3 is 2.59 bits per heavy atom. The zero-order chi connectivity index (χ0) is 13.1. The van der Waals surface area contributed by atoms with Crippen molar-refractivity contribution < 1.29 is 18.3 Å². The van der Waals surface area contributed by atoms with Crippen LogP contribution in [0, 0.1) is 0 Å². The molecule has 9 heteroatoms. The monoisotopic (exact) mass is 270 g/mol. The molecule has 1 aromatic rings. The molecule has 1 rings (SSSR count). The molecule has 0 amide bonds. The van der Waals surface area contributed by atoms with Crippen LogP contribution < -0.4 is 0 Å². The molecule has 1 atom stereocenters. The lowest BCUT2D eigenvalue weighted by molar-refractivity contribution is -0.195. The van der Waals surface area contributed by atoms with E-state index in [0.29, 0.717) is 5.82 Å². The van der Waals surface area contributed by atoms with Gasteiger partial charge in [-0.2, -0.15) is 24.9 Å². The molecular formula is C8H13F3N4OS. The molecule has 0 spiro atoms. The summed E-state index contributed by atoms with van der Waals surface area (Å²) in [4.78, 5) is 0. The van der Waals surface area contributed by atoms with Crippen molar-refractivity contribution in [1.29, 1.82) is 0 Å². The van der Waals surface area contributed by atoms with Gasteiger partial charge in [-0.1, -0.05) is 0 Å². The lowest BCUT2D eigenvalue weighted by atomic mass is 10.4. The number of aliphatic hydroxyl groups is 1. The normalized spacial score (nSPS) is 14.3. The highest BCUT2D eigenvalue weighted by atomic mass is 32.2. The Kier molecular flexibility index (Phi) is 4.75. The lowest BCUT2D eigenvalue weighted by Gasteiger charge is -2.13. The summed E-state index contributed by atoms with van der Waals surface area (Å²) < 4.78 is 37.6. The van der Waals surface area contributed by atoms with Crippen LogP contribution in [0.3, 0.4) is 0 Å². The van der Waals surface area contributed by atoms with E-state index >= 15 is 0 Å². The first kappa shape index (κ1) is 14.2. The second kappa shape index (κ2) is 5.67. The number of halogens is 3. The SMILES string of the molecule is CC(C)n1nnnc1CSC[C@H](O)C(F)(F)F. The van der Waals surface area contributed by atoms with Crippen molar-refractivity contribution in [2.75, 3.05) is 5.75 Å². The van der Waals surface area contributed by atoms with E-state index in [9.17, 15) is 13.2 Å². The second-order valence-corrected chi connectivity index (χ2v) is 4.74. The average molecular weight is 270 g/mol. The smallest absolute Gasteiger partial charge is 0.383 e. The van der Waals surface area contributed by atoms with Crippen LogP contribution in [-0.4, -0.2) is 43.3 Å². The number of hydrogen-bond donors (Lipinski definition) is 1. The van der Waals surface area contributed by atoms with Crippen molar-refractivity contribution in [2.24, 2.45) is 0 Å². The molecule has 0 saturated heterocycles. The van der Waals surface area contributed by atoms with E-state index in [4.69, 9.17) is 5.11 Å². The summed E-state index contributed by atoms with van der Waals surface area (Å²) in [5.74, 6) is 0.312. The highest BCUT2D eigenvalue weighted by Gasteiger charge is 2.37. The first-order valence-corrected chi connectivity index (χ1v) is 6.07. The molecular weight excluding hydrogens is 257 g/mol. The third kappa shape index (κ3) is 4.15. The van der Waals surface area contributed by atoms with E-state index in [1.807, 2.05) is 13.8 Å². The maximum atomic E-state index is 12.0. The summed E-state index contributed by atoms with van der Waals surface area (Å²) in [6, 6.07) is 0.0492. The molecule has 5 nitrogen and oxygen atoms in total. The maximum Gasteiger partial charge on any atom is 0.415 e. The van der Waals surface area contributed by atoms with Gasteiger partial charge >= 0.3 is 6.18 Å². The molecule has 1 aromatic heterocycles. The van der Waals surface area contributed by atoms with E-state index < -0.39 is 18.0 Å². The number of alkyl halides is 3. The minimum atomic E-state index is -4.57. The summed E-state index contributed by atoms with van der Waals surface area (Å²) in [6.45, 7) is 3.74. The highest BCUT2D eigenvalue weighted by Crippen LogP contribution is 2.24. The summed E-state index contributed by atoms with van der Waals surface area (Å²) >= 11 is 0.944. The Hall–Kier alpha value is -0.830. The van der Waals surface area contributed by atoms with Gasteiger partial charge in [-0.15, -0.1) is 5.10 Å². The number of tetrazole rings is 1. The van der Waals surface area contributed by atoms with Crippen molar-refractivity contribution in [3.8, 4) is 0 Å². The van der Waals surface area contributed by atoms with E-state index in [1.165, 1.54) is 4.68 Å². The quantitative estimate of drug-likeness (QED) is 0.876. The Balaban J connectivity index is 2.44. The number of nitrogens with zero attached hydrogens (tertiary/aromatic N) is 4. The highest BCUT2D eigenvalue weighted by molar-refractivity contribution is 7.98. The van der Waals surface area contributed by atoms with E-state index in [-0.39, 0.29) is 11.8 Å². The predicted octanol–water partition coefficient (Wildman–Crippen LogP) is 1.41.